The smallest absolute Gasteiger partial charge is 0.330 e. The Hall–Kier alpha value is -1.90. The van der Waals surface area contributed by atoms with E-state index in [0.29, 0.717) is 5.56 Å². The second kappa shape index (κ2) is 6.74. The lowest BCUT2D eigenvalue weighted by atomic mass is 9.94. The van der Waals surface area contributed by atoms with Crippen molar-refractivity contribution >= 4 is 11.8 Å². The first kappa shape index (κ1) is 14.2. The first-order chi connectivity index (χ1) is 8.58. The predicted molar refractivity (Wildman–Crippen MR) is 70.6 cm³/mol. The molecule has 0 bridgehead atoms. The second-order valence-electron chi connectivity index (χ2n) is 4.08. The fourth-order valence-corrected chi connectivity index (χ4v) is 1.71. The zero-order valence-corrected chi connectivity index (χ0v) is 11.0. The zero-order chi connectivity index (χ0) is 13.5. The first-order valence-corrected chi connectivity index (χ1v) is 5.95. The van der Waals surface area contributed by atoms with Crippen molar-refractivity contribution < 1.29 is 14.3 Å². The van der Waals surface area contributed by atoms with E-state index in [0.717, 1.165) is 12.0 Å². The lowest BCUT2D eigenvalue weighted by Gasteiger charge is -2.10. The van der Waals surface area contributed by atoms with Crippen LogP contribution in [0, 0.1) is 0 Å². The summed E-state index contributed by atoms with van der Waals surface area (Å²) in [6.07, 6.45) is 4.15. The molecule has 0 aliphatic heterocycles. The van der Waals surface area contributed by atoms with Gasteiger partial charge in [0.1, 0.15) is 0 Å². The molecule has 3 nitrogen and oxygen atoms in total. The number of benzene rings is 1. The Bertz CT molecular complexity index is 443. The molecule has 18 heavy (non-hydrogen) atoms. The number of allylic oxidation sites excluding steroid dienone is 1. The van der Waals surface area contributed by atoms with E-state index < -0.39 is 0 Å². The maximum absolute atomic E-state index is 11.2. The molecule has 1 aromatic rings. The van der Waals surface area contributed by atoms with Crippen molar-refractivity contribution in [2.24, 2.45) is 0 Å². The molecule has 1 rings (SSSR count). The third-order valence-corrected chi connectivity index (χ3v) is 2.85. The van der Waals surface area contributed by atoms with Crippen LogP contribution in [0.2, 0.25) is 0 Å². The minimum Gasteiger partial charge on any atom is -0.466 e. The van der Waals surface area contributed by atoms with Crippen LogP contribution in [-0.2, 0) is 9.53 Å². The van der Waals surface area contributed by atoms with Gasteiger partial charge in [0.25, 0.3) is 0 Å². The third-order valence-electron chi connectivity index (χ3n) is 2.85. The topological polar surface area (TPSA) is 43.4 Å². The SMILES string of the molecule is CCC(/C=C/C(=O)OC)c1ccc(C(C)=O)cc1. The number of hydrogen-bond donors (Lipinski definition) is 0. The molecule has 0 radical (unpaired) electrons. The standard InChI is InChI=1S/C15H18O3/c1-4-12(9-10-15(17)18-3)14-7-5-13(6-8-14)11(2)16/h5-10,12H,4H2,1-3H3/b10-9+. The molecule has 0 aliphatic rings. The zero-order valence-electron chi connectivity index (χ0n) is 11.0. The maximum Gasteiger partial charge on any atom is 0.330 e. The van der Waals surface area contributed by atoms with Crippen molar-refractivity contribution in [2.75, 3.05) is 7.11 Å². The molecule has 1 aromatic carbocycles. The number of carbonyl (C=O) groups is 2. The normalized spacial score (nSPS) is 12.4. The van der Waals surface area contributed by atoms with Gasteiger partial charge in [0.2, 0.25) is 0 Å². The molecule has 1 atom stereocenters. The van der Waals surface area contributed by atoms with Crippen molar-refractivity contribution in [1.82, 2.24) is 0 Å². The summed E-state index contributed by atoms with van der Waals surface area (Å²) in [5.41, 5.74) is 1.79. The number of carbonyl (C=O) groups excluding carboxylic acids is 2. The van der Waals surface area contributed by atoms with Crippen molar-refractivity contribution in [2.45, 2.75) is 26.2 Å². The van der Waals surface area contributed by atoms with Crippen LogP contribution in [0.15, 0.2) is 36.4 Å². The Balaban J connectivity index is 2.85. The van der Waals surface area contributed by atoms with Crippen molar-refractivity contribution in [3.63, 3.8) is 0 Å². The van der Waals surface area contributed by atoms with E-state index in [1.54, 1.807) is 6.92 Å². The summed E-state index contributed by atoms with van der Waals surface area (Å²) in [5.74, 6) is -0.140. The number of Topliss-reactive ketones (excluding diaryl/α,β-unsaturated/α-hetero) is 1. The van der Waals surface area contributed by atoms with Crippen molar-refractivity contribution in [1.29, 1.82) is 0 Å². The third kappa shape index (κ3) is 3.84. The Kier molecular flexibility index (Phi) is 5.31. The summed E-state index contributed by atoms with van der Waals surface area (Å²) in [5, 5.41) is 0. The molecule has 0 spiro atoms. The van der Waals surface area contributed by atoms with Gasteiger partial charge in [0.15, 0.2) is 5.78 Å². The largest absolute Gasteiger partial charge is 0.466 e. The van der Waals surface area contributed by atoms with E-state index in [9.17, 15) is 9.59 Å². The molecular weight excluding hydrogens is 228 g/mol. The van der Waals surface area contributed by atoms with Gasteiger partial charge in [-0.3, -0.25) is 4.79 Å². The molecule has 0 heterocycles. The second-order valence-corrected chi connectivity index (χ2v) is 4.08. The van der Waals surface area contributed by atoms with Gasteiger partial charge in [-0.25, -0.2) is 4.79 Å². The fourth-order valence-electron chi connectivity index (χ4n) is 1.71. The predicted octanol–water partition coefficient (Wildman–Crippen LogP) is 3.11. The number of methoxy groups -OCH3 is 1. The number of rotatable bonds is 5. The van der Waals surface area contributed by atoms with E-state index in [2.05, 4.69) is 4.74 Å². The van der Waals surface area contributed by atoms with Crippen LogP contribution in [0.5, 0.6) is 0 Å². The molecule has 0 saturated heterocycles. The summed E-state index contributed by atoms with van der Waals surface area (Å²) >= 11 is 0. The van der Waals surface area contributed by atoms with E-state index in [-0.39, 0.29) is 17.7 Å². The van der Waals surface area contributed by atoms with Crippen molar-refractivity contribution in [3.05, 3.63) is 47.5 Å². The van der Waals surface area contributed by atoms with Crippen LogP contribution >= 0.6 is 0 Å². The van der Waals surface area contributed by atoms with E-state index in [4.69, 9.17) is 0 Å². The highest BCUT2D eigenvalue weighted by molar-refractivity contribution is 5.94. The van der Waals surface area contributed by atoms with Gasteiger partial charge in [-0.05, 0) is 18.9 Å². The van der Waals surface area contributed by atoms with E-state index in [1.807, 2.05) is 37.3 Å². The van der Waals surface area contributed by atoms with Gasteiger partial charge in [0, 0.05) is 17.6 Å². The van der Waals surface area contributed by atoms with Crippen LogP contribution in [0.1, 0.15) is 42.1 Å². The van der Waals surface area contributed by atoms with Gasteiger partial charge >= 0.3 is 5.97 Å². The van der Waals surface area contributed by atoms with Gasteiger partial charge in [-0.15, -0.1) is 0 Å². The van der Waals surface area contributed by atoms with Gasteiger partial charge in [-0.2, -0.15) is 0 Å². The minimum absolute atomic E-state index is 0.0553. The molecule has 0 aromatic heterocycles. The Labute approximate surface area is 107 Å². The molecule has 1 unspecified atom stereocenters. The highest BCUT2D eigenvalue weighted by Crippen LogP contribution is 2.21. The summed E-state index contributed by atoms with van der Waals surface area (Å²) in [6, 6.07) is 7.47. The van der Waals surface area contributed by atoms with Gasteiger partial charge < -0.3 is 4.74 Å². The van der Waals surface area contributed by atoms with Crippen LogP contribution in [0.25, 0.3) is 0 Å². The monoisotopic (exact) mass is 246 g/mol. The molecule has 0 amide bonds. The van der Waals surface area contributed by atoms with Crippen LogP contribution < -0.4 is 0 Å². The fraction of sp³-hybridized carbons (Fsp3) is 0.333. The molecule has 96 valence electrons. The maximum atomic E-state index is 11.2. The highest BCUT2D eigenvalue weighted by atomic mass is 16.5. The van der Waals surface area contributed by atoms with Crippen LogP contribution in [0.4, 0.5) is 0 Å². The molecule has 0 N–H and O–H groups in total. The van der Waals surface area contributed by atoms with Crippen LogP contribution in [0.3, 0.4) is 0 Å². The van der Waals surface area contributed by atoms with Gasteiger partial charge in [-0.1, -0.05) is 37.3 Å². The Morgan fingerprint density at radius 1 is 1.28 bits per heavy atom. The molecule has 3 heteroatoms. The summed E-state index contributed by atoms with van der Waals surface area (Å²) < 4.78 is 4.56. The molecular formula is C15H18O3. The summed E-state index contributed by atoms with van der Waals surface area (Å²) in [4.78, 5) is 22.2. The first-order valence-electron chi connectivity index (χ1n) is 5.95. The molecule has 0 aliphatic carbocycles. The molecule has 0 saturated carbocycles. The summed E-state index contributed by atoms with van der Waals surface area (Å²) in [7, 11) is 1.36. The summed E-state index contributed by atoms with van der Waals surface area (Å²) in [6.45, 7) is 3.59. The van der Waals surface area contributed by atoms with Gasteiger partial charge in [0.05, 0.1) is 7.11 Å². The Morgan fingerprint density at radius 2 is 1.89 bits per heavy atom. The number of ketones is 1. The molecule has 0 fully saturated rings. The number of ether oxygens (including phenoxy) is 1. The minimum atomic E-state index is -0.353. The van der Waals surface area contributed by atoms with E-state index in [1.165, 1.54) is 13.2 Å². The average molecular weight is 246 g/mol. The Morgan fingerprint density at radius 3 is 2.33 bits per heavy atom. The number of esters is 1. The quantitative estimate of drug-likeness (QED) is 0.455. The average Bonchev–Trinajstić information content (AvgIpc) is 2.39. The lowest BCUT2D eigenvalue weighted by molar-refractivity contribution is -0.134. The van der Waals surface area contributed by atoms with Crippen LogP contribution in [-0.4, -0.2) is 18.9 Å². The number of hydrogen-bond acceptors (Lipinski definition) is 3. The van der Waals surface area contributed by atoms with Crippen molar-refractivity contribution in [3.8, 4) is 0 Å². The van der Waals surface area contributed by atoms with E-state index >= 15 is 0 Å². The lowest BCUT2D eigenvalue weighted by Crippen LogP contribution is -1.99. The highest BCUT2D eigenvalue weighted by Gasteiger charge is 2.07.